The predicted octanol–water partition coefficient (Wildman–Crippen LogP) is 5.46. The van der Waals surface area contributed by atoms with Gasteiger partial charge in [-0.1, -0.05) is 31.5 Å². The molecule has 6 nitrogen and oxygen atoms in total. The van der Waals surface area contributed by atoms with Gasteiger partial charge in [-0.2, -0.15) is 0 Å². The van der Waals surface area contributed by atoms with Crippen LogP contribution in [0.25, 0.3) is 28.1 Å². The minimum atomic E-state index is -0.344. The number of nitrogens with one attached hydrogen (secondary N) is 1. The van der Waals surface area contributed by atoms with Crippen LogP contribution in [0.1, 0.15) is 30.9 Å². The van der Waals surface area contributed by atoms with Gasteiger partial charge in [-0.25, -0.2) is 0 Å². The van der Waals surface area contributed by atoms with E-state index in [-0.39, 0.29) is 11.1 Å². The van der Waals surface area contributed by atoms with Crippen LogP contribution in [0.2, 0.25) is 0 Å². The average Bonchev–Trinajstić information content (AvgIpc) is 3.18. The van der Waals surface area contributed by atoms with E-state index in [1.807, 2.05) is 30.5 Å². The van der Waals surface area contributed by atoms with E-state index in [1.165, 1.54) is 30.6 Å². The molecule has 5 rings (SSSR count). The molecule has 2 aliphatic rings. The molecule has 0 radical (unpaired) electrons. The number of amides is 2. The Hall–Kier alpha value is -3.16. The van der Waals surface area contributed by atoms with Crippen molar-refractivity contribution in [1.29, 1.82) is 0 Å². The SMILES string of the molecule is CCCCN1CCN(c2ccc(-c3nccc4ccc(C=C5SC(=O)NC5=O)cc34)cc2C)CC1. The third-order valence-electron chi connectivity index (χ3n) is 6.74. The Bertz CT molecular complexity index is 1310. The molecule has 0 unspecified atom stereocenters. The Labute approximate surface area is 210 Å². The molecule has 2 aliphatic heterocycles. The molecular formula is C28H30N4O2S. The lowest BCUT2D eigenvalue weighted by Gasteiger charge is -2.37. The summed E-state index contributed by atoms with van der Waals surface area (Å²) >= 11 is 0.934. The molecule has 0 saturated carbocycles. The normalized spacial score (nSPS) is 18.0. The molecule has 2 amide bonds. The number of unbranched alkanes of at least 4 members (excludes halogenated alkanes) is 1. The number of carbonyl (C=O) groups is 2. The zero-order valence-electron chi connectivity index (χ0n) is 20.2. The van der Waals surface area contributed by atoms with Gasteiger partial charge in [-0.15, -0.1) is 0 Å². The van der Waals surface area contributed by atoms with Crippen molar-refractivity contribution in [3.63, 3.8) is 0 Å². The third-order valence-corrected chi connectivity index (χ3v) is 7.55. The zero-order chi connectivity index (χ0) is 24.4. The number of imide groups is 1. The molecule has 0 aliphatic carbocycles. The number of aromatic nitrogens is 1. The van der Waals surface area contributed by atoms with E-state index < -0.39 is 0 Å². The summed E-state index contributed by atoms with van der Waals surface area (Å²) in [5.74, 6) is -0.344. The average molecular weight is 487 g/mol. The summed E-state index contributed by atoms with van der Waals surface area (Å²) in [7, 11) is 0. The van der Waals surface area contributed by atoms with Crippen LogP contribution in [0.15, 0.2) is 53.6 Å². The molecule has 2 fully saturated rings. The number of hydrogen-bond acceptors (Lipinski definition) is 6. The molecule has 3 heterocycles. The summed E-state index contributed by atoms with van der Waals surface area (Å²) in [6.45, 7) is 9.98. The molecule has 2 aromatic carbocycles. The number of thioether (sulfide) groups is 1. The Morgan fingerprint density at radius 2 is 1.89 bits per heavy atom. The molecule has 0 atom stereocenters. The highest BCUT2D eigenvalue weighted by Gasteiger charge is 2.25. The summed E-state index contributed by atoms with van der Waals surface area (Å²) in [6, 6.07) is 14.7. The Morgan fingerprint density at radius 3 is 2.60 bits per heavy atom. The van der Waals surface area contributed by atoms with Crippen LogP contribution >= 0.6 is 11.8 Å². The minimum Gasteiger partial charge on any atom is -0.369 e. The van der Waals surface area contributed by atoms with Crippen LogP contribution in [0.3, 0.4) is 0 Å². The molecule has 0 bridgehead atoms. The van der Waals surface area contributed by atoms with Crippen molar-refractivity contribution in [1.82, 2.24) is 15.2 Å². The summed E-state index contributed by atoms with van der Waals surface area (Å²) in [5.41, 5.74) is 5.41. The van der Waals surface area contributed by atoms with Gasteiger partial charge in [0.1, 0.15) is 0 Å². The van der Waals surface area contributed by atoms with E-state index in [9.17, 15) is 9.59 Å². The first-order valence-corrected chi connectivity index (χ1v) is 13.1. The molecule has 0 spiro atoms. The summed E-state index contributed by atoms with van der Waals surface area (Å²) < 4.78 is 0. The first-order chi connectivity index (χ1) is 17.0. The van der Waals surface area contributed by atoms with E-state index in [2.05, 4.69) is 47.2 Å². The van der Waals surface area contributed by atoms with Gasteiger partial charge in [-0.3, -0.25) is 24.8 Å². The number of fused-ring (bicyclic) bond motifs is 1. The number of nitrogens with zero attached hydrogens (tertiary/aromatic N) is 3. The standard InChI is InChI=1S/C28H30N4O2S/c1-3-4-11-31-12-14-32(15-13-31)24-8-7-22(16-19(24)2)26-23-17-20(5-6-21(23)9-10-29-26)18-25-27(33)30-28(34)35-25/h5-10,16-18H,3-4,11-15H2,1-2H3,(H,30,33,34). The number of aryl methyl sites for hydroxylation is 1. The highest BCUT2D eigenvalue weighted by molar-refractivity contribution is 8.18. The van der Waals surface area contributed by atoms with Gasteiger partial charge < -0.3 is 4.90 Å². The lowest BCUT2D eigenvalue weighted by molar-refractivity contribution is -0.115. The van der Waals surface area contributed by atoms with Crippen molar-refractivity contribution >= 4 is 45.4 Å². The van der Waals surface area contributed by atoms with Crippen molar-refractivity contribution in [3.8, 4) is 11.3 Å². The highest BCUT2D eigenvalue weighted by Crippen LogP contribution is 2.33. The molecule has 1 N–H and O–H groups in total. The fraction of sp³-hybridized carbons (Fsp3) is 0.321. The number of hydrogen-bond donors (Lipinski definition) is 1. The van der Waals surface area contributed by atoms with E-state index >= 15 is 0 Å². The van der Waals surface area contributed by atoms with Crippen molar-refractivity contribution in [3.05, 3.63) is 64.7 Å². The second-order valence-corrected chi connectivity index (χ2v) is 10.2. The number of benzene rings is 2. The largest absolute Gasteiger partial charge is 0.369 e. The van der Waals surface area contributed by atoms with E-state index in [4.69, 9.17) is 4.98 Å². The molecular weight excluding hydrogens is 456 g/mol. The number of rotatable bonds is 6. The van der Waals surface area contributed by atoms with Gasteiger partial charge in [0.15, 0.2) is 0 Å². The Kier molecular flexibility index (Phi) is 6.88. The first-order valence-electron chi connectivity index (χ1n) is 12.2. The molecule has 7 heteroatoms. The Balaban J connectivity index is 1.41. The van der Waals surface area contributed by atoms with Gasteiger partial charge in [-0.05, 0) is 78.5 Å². The van der Waals surface area contributed by atoms with Crippen LogP contribution in [0, 0.1) is 6.92 Å². The fourth-order valence-corrected chi connectivity index (χ4v) is 5.51. The van der Waals surface area contributed by atoms with Gasteiger partial charge in [0, 0.05) is 49.0 Å². The molecule has 2 saturated heterocycles. The van der Waals surface area contributed by atoms with Crippen molar-refractivity contribution in [2.45, 2.75) is 26.7 Å². The van der Waals surface area contributed by atoms with Gasteiger partial charge in [0.05, 0.1) is 10.6 Å². The monoisotopic (exact) mass is 486 g/mol. The quantitative estimate of drug-likeness (QED) is 0.467. The lowest BCUT2D eigenvalue weighted by Crippen LogP contribution is -2.46. The maximum atomic E-state index is 12.0. The second-order valence-electron chi connectivity index (χ2n) is 9.18. The van der Waals surface area contributed by atoms with E-state index in [0.29, 0.717) is 4.91 Å². The summed E-state index contributed by atoms with van der Waals surface area (Å²) in [5, 5.41) is 4.08. The first kappa shape index (κ1) is 23.6. The van der Waals surface area contributed by atoms with Crippen molar-refractivity contribution in [2.24, 2.45) is 0 Å². The van der Waals surface area contributed by atoms with Gasteiger partial charge >= 0.3 is 0 Å². The van der Waals surface area contributed by atoms with Crippen LogP contribution < -0.4 is 10.2 Å². The third kappa shape index (κ3) is 5.11. The number of piperazine rings is 1. The maximum absolute atomic E-state index is 12.0. The zero-order valence-corrected chi connectivity index (χ0v) is 21.0. The number of anilines is 1. The lowest BCUT2D eigenvalue weighted by atomic mass is 9.99. The van der Waals surface area contributed by atoms with E-state index in [0.717, 1.165) is 65.5 Å². The topological polar surface area (TPSA) is 65.5 Å². The van der Waals surface area contributed by atoms with Crippen LogP contribution in [-0.4, -0.2) is 53.8 Å². The van der Waals surface area contributed by atoms with Gasteiger partial charge in [0.2, 0.25) is 0 Å². The van der Waals surface area contributed by atoms with Crippen molar-refractivity contribution < 1.29 is 9.59 Å². The second kappa shape index (κ2) is 10.2. The maximum Gasteiger partial charge on any atom is 0.290 e. The molecule has 180 valence electrons. The fourth-order valence-electron chi connectivity index (χ4n) is 4.83. The number of carbonyl (C=O) groups excluding carboxylic acids is 2. The molecule has 35 heavy (non-hydrogen) atoms. The molecule has 1 aromatic heterocycles. The summed E-state index contributed by atoms with van der Waals surface area (Å²) in [4.78, 5) is 33.7. The number of pyridine rings is 1. The highest BCUT2D eigenvalue weighted by atomic mass is 32.2. The van der Waals surface area contributed by atoms with E-state index in [1.54, 1.807) is 6.08 Å². The molecule has 3 aromatic rings. The Morgan fingerprint density at radius 1 is 1.06 bits per heavy atom. The minimum absolute atomic E-state index is 0.331. The van der Waals surface area contributed by atoms with Gasteiger partial charge in [0.25, 0.3) is 11.1 Å². The van der Waals surface area contributed by atoms with Crippen molar-refractivity contribution in [2.75, 3.05) is 37.6 Å². The van der Waals surface area contributed by atoms with Crippen LogP contribution in [0.5, 0.6) is 0 Å². The summed E-state index contributed by atoms with van der Waals surface area (Å²) in [6.07, 6.45) is 6.12. The van der Waals surface area contributed by atoms with Crippen LogP contribution in [-0.2, 0) is 4.79 Å². The smallest absolute Gasteiger partial charge is 0.290 e. The predicted molar refractivity (Wildman–Crippen MR) is 145 cm³/mol. The van der Waals surface area contributed by atoms with Crippen LogP contribution in [0.4, 0.5) is 10.5 Å².